The molecule has 0 radical (unpaired) electrons. The van der Waals surface area contributed by atoms with Crippen LogP contribution >= 0.6 is 0 Å². The molecule has 1 fully saturated rings. The van der Waals surface area contributed by atoms with E-state index in [1.165, 1.54) is 0 Å². The molecule has 1 heterocycles. The summed E-state index contributed by atoms with van der Waals surface area (Å²) in [4.78, 5) is 0. The number of alkyl halides is 9. The van der Waals surface area contributed by atoms with Gasteiger partial charge in [-0.3, -0.25) is 0 Å². The maximum Gasteiger partial charge on any atom is 0.460 e. The molecule has 1 rings (SSSR count). The number of hydrogen-bond donors (Lipinski definition) is 0. The van der Waals surface area contributed by atoms with Crippen molar-refractivity contribution >= 4 is 0 Å². The van der Waals surface area contributed by atoms with Crippen molar-refractivity contribution in [1.82, 2.24) is 0 Å². The third kappa shape index (κ3) is 4.68. The van der Waals surface area contributed by atoms with Gasteiger partial charge in [0.1, 0.15) is 0 Å². The van der Waals surface area contributed by atoms with Crippen molar-refractivity contribution in [2.45, 2.75) is 68.8 Å². The van der Waals surface area contributed by atoms with Crippen LogP contribution in [0.15, 0.2) is 0 Å². The molecule has 0 amide bonds. The highest BCUT2D eigenvalue weighted by atomic mass is 19.4. The first-order valence-corrected chi connectivity index (χ1v) is 7.26. The zero-order valence-electron chi connectivity index (χ0n) is 12.5. The summed E-state index contributed by atoms with van der Waals surface area (Å²) in [5, 5.41) is 0. The molecule has 0 aromatic heterocycles. The van der Waals surface area contributed by atoms with Crippen molar-refractivity contribution in [2.24, 2.45) is 0 Å². The van der Waals surface area contributed by atoms with Crippen molar-refractivity contribution in [2.75, 3.05) is 13.2 Å². The molecule has 1 saturated heterocycles. The monoisotopic (exact) mass is 376 g/mol. The second-order valence-electron chi connectivity index (χ2n) is 5.48. The Morgan fingerprint density at radius 3 is 1.96 bits per heavy atom. The van der Waals surface area contributed by atoms with E-state index in [2.05, 4.69) is 0 Å². The molecule has 0 aliphatic carbocycles. The first-order chi connectivity index (χ1) is 10.8. The summed E-state index contributed by atoms with van der Waals surface area (Å²) in [5.41, 5.74) is 0. The van der Waals surface area contributed by atoms with Crippen LogP contribution in [0.3, 0.4) is 0 Å². The van der Waals surface area contributed by atoms with Gasteiger partial charge in [0.2, 0.25) is 0 Å². The van der Waals surface area contributed by atoms with Crippen molar-refractivity contribution in [3.05, 3.63) is 0 Å². The van der Waals surface area contributed by atoms with E-state index in [9.17, 15) is 39.5 Å². The lowest BCUT2D eigenvalue weighted by molar-refractivity contribution is -0.396. The van der Waals surface area contributed by atoms with Crippen LogP contribution in [0.1, 0.15) is 38.5 Å². The fraction of sp³-hybridized carbons (Fsp3) is 1.00. The minimum Gasteiger partial charge on any atom is -0.353 e. The van der Waals surface area contributed by atoms with Gasteiger partial charge in [0.25, 0.3) is 0 Å². The molecule has 1 unspecified atom stereocenters. The molecule has 144 valence electrons. The van der Waals surface area contributed by atoms with E-state index in [1.54, 1.807) is 0 Å². The smallest absolute Gasteiger partial charge is 0.353 e. The van der Waals surface area contributed by atoms with Gasteiger partial charge in [0.05, 0.1) is 0 Å². The van der Waals surface area contributed by atoms with Crippen LogP contribution < -0.4 is 0 Å². The summed E-state index contributed by atoms with van der Waals surface area (Å²) in [5.74, 6) is -18.8. The zero-order chi connectivity index (χ0) is 18.6. The summed E-state index contributed by atoms with van der Waals surface area (Å²) in [6.07, 6.45) is -8.07. The Morgan fingerprint density at radius 1 is 0.833 bits per heavy atom. The number of ether oxygens (including phenoxy) is 2. The first kappa shape index (κ1) is 21.3. The number of rotatable bonds is 9. The van der Waals surface area contributed by atoms with Gasteiger partial charge in [0, 0.05) is 26.1 Å². The number of unbranched alkanes of at least 4 members (excludes halogenated alkanes) is 2. The largest absolute Gasteiger partial charge is 0.460 e. The molecule has 0 saturated carbocycles. The molecular weight excluding hydrogens is 359 g/mol. The maximum absolute atomic E-state index is 13.2. The van der Waals surface area contributed by atoms with Gasteiger partial charge in [0.15, 0.2) is 6.29 Å². The lowest BCUT2D eigenvalue weighted by Crippen LogP contribution is -2.60. The van der Waals surface area contributed by atoms with Crippen LogP contribution in [0.2, 0.25) is 0 Å². The predicted octanol–water partition coefficient (Wildman–Crippen LogP) is 5.17. The topological polar surface area (TPSA) is 18.5 Å². The normalized spacial score (nSPS) is 20.6. The van der Waals surface area contributed by atoms with Gasteiger partial charge in [-0.2, -0.15) is 39.5 Å². The summed E-state index contributed by atoms with van der Waals surface area (Å²) in [6.45, 7) is 0.616. The second-order valence-corrected chi connectivity index (χ2v) is 5.48. The van der Waals surface area contributed by atoms with E-state index in [4.69, 9.17) is 9.47 Å². The highest BCUT2D eigenvalue weighted by Gasteiger charge is 2.81. The summed E-state index contributed by atoms with van der Waals surface area (Å²) in [6, 6.07) is 0. The molecule has 0 aromatic carbocycles. The Hall–Kier alpha value is -0.710. The predicted molar refractivity (Wildman–Crippen MR) is 64.3 cm³/mol. The highest BCUT2D eigenvalue weighted by molar-refractivity contribution is 5.00. The minimum atomic E-state index is -6.81. The van der Waals surface area contributed by atoms with Crippen LogP contribution in [-0.4, -0.2) is 43.4 Å². The highest BCUT2D eigenvalue weighted by Crippen LogP contribution is 2.54. The summed E-state index contributed by atoms with van der Waals surface area (Å²) in [7, 11) is 0. The molecule has 0 aromatic rings. The molecule has 2 nitrogen and oxygen atoms in total. The van der Waals surface area contributed by atoms with Crippen molar-refractivity contribution in [3.63, 3.8) is 0 Å². The third-order valence-corrected chi connectivity index (χ3v) is 3.54. The van der Waals surface area contributed by atoms with Crippen molar-refractivity contribution < 1.29 is 49.0 Å². The van der Waals surface area contributed by atoms with E-state index in [0.717, 1.165) is 6.42 Å². The van der Waals surface area contributed by atoms with Crippen LogP contribution in [-0.2, 0) is 9.47 Å². The van der Waals surface area contributed by atoms with E-state index in [0.29, 0.717) is 13.0 Å². The third-order valence-electron chi connectivity index (χ3n) is 3.54. The molecule has 0 N–H and O–H groups in total. The Kier molecular flexibility index (Phi) is 6.82. The molecule has 1 atom stereocenters. The molecular formula is C13H17F9O2. The fourth-order valence-corrected chi connectivity index (χ4v) is 2.08. The van der Waals surface area contributed by atoms with E-state index >= 15 is 0 Å². The molecule has 0 bridgehead atoms. The lowest BCUT2D eigenvalue weighted by atomic mass is 9.98. The van der Waals surface area contributed by atoms with E-state index in [1.807, 2.05) is 0 Å². The van der Waals surface area contributed by atoms with Crippen LogP contribution in [0.4, 0.5) is 39.5 Å². The average Bonchev–Trinajstić information content (AvgIpc) is 2.94. The van der Waals surface area contributed by atoms with Crippen molar-refractivity contribution in [1.29, 1.82) is 0 Å². The number of hydrogen-bond acceptors (Lipinski definition) is 2. The molecule has 11 heteroatoms. The minimum absolute atomic E-state index is 0.0873. The first-order valence-electron chi connectivity index (χ1n) is 7.26. The van der Waals surface area contributed by atoms with Gasteiger partial charge in [-0.15, -0.1) is 0 Å². The molecule has 0 spiro atoms. The average molecular weight is 376 g/mol. The van der Waals surface area contributed by atoms with Gasteiger partial charge < -0.3 is 9.47 Å². The van der Waals surface area contributed by atoms with Gasteiger partial charge >= 0.3 is 23.9 Å². The van der Waals surface area contributed by atoms with Gasteiger partial charge in [-0.25, -0.2) is 0 Å². The Bertz CT molecular complexity index is 389. The molecule has 1 aliphatic heterocycles. The zero-order valence-corrected chi connectivity index (χ0v) is 12.5. The van der Waals surface area contributed by atoms with Crippen LogP contribution in [0.5, 0.6) is 0 Å². The van der Waals surface area contributed by atoms with E-state index < -0.39 is 43.1 Å². The summed E-state index contributed by atoms with van der Waals surface area (Å²) >= 11 is 0. The van der Waals surface area contributed by atoms with E-state index in [-0.39, 0.29) is 19.4 Å². The maximum atomic E-state index is 13.2. The fourth-order valence-electron chi connectivity index (χ4n) is 2.08. The second kappa shape index (κ2) is 7.67. The van der Waals surface area contributed by atoms with Gasteiger partial charge in [-0.1, -0.05) is 6.42 Å². The SMILES string of the molecule is FC(F)(F)C(F)(F)C(F)(F)C(F)(F)CCCCCOC1CCCO1. The number of halogens is 9. The Morgan fingerprint density at radius 2 is 1.46 bits per heavy atom. The van der Waals surface area contributed by atoms with Gasteiger partial charge in [-0.05, 0) is 19.3 Å². The lowest BCUT2D eigenvalue weighted by Gasteiger charge is -2.33. The Labute approximate surface area is 132 Å². The molecule has 24 heavy (non-hydrogen) atoms. The molecule has 1 aliphatic rings. The van der Waals surface area contributed by atoms with Crippen LogP contribution in [0.25, 0.3) is 0 Å². The van der Waals surface area contributed by atoms with Crippen molar-refractivity contribution in [3.8, 4) is 0 Å². The summed E-state index contributed by atoms with van der Waals surface area (Å²) < 4.78 is 124. The quantitative estimate of drug-likeness (QED) is 0.408. The Balaban J connectivity index is 2.41. The standard InChI is InChI=1S/C13H17F9O2/c14-10(15,11(16,17)12(18,19)13(20,21)22)6-2-1-3-7-23-9-5-4-8-24-9/h9H,1-8H2. The van der Waals surface area contributed by atoms with Crippen LogP contribution in [0, 0.1) is 0 Å².